The summed E-state index contributed by atoms with van der Waals surface area (Å²) in [5, 5.41) is 5.54. The van der Waals surface area contributed by atoms with E-state index in [0.717, 1.165) is 47.4 Å². The van der Waals surface area contributed by atoms with Crippen molar-refractivity contribution >= 4 is 11.0 Å². The molecule has 0 N–H and O–H groups in total. The van der Waals surface area contributed by atoms with Crippen molar-refractivity contribution in [2.75, 3.05) is 6.54 Å². The fraction of sp³-hybridized carbons (Fsp3) is 0.261. The predicted molar refractivity (Wildman–Crippen MR) is 113 cm³/mol. The zero-order chi connectivity index (χ0) is 19.8. The normalized spacial score (nSPS) is 14.2. The van der Waals surface area contributed by atoms with Crippen LogP contribution in [0.1, 0.15) is 22.4 Å². The fourth-order valence-corrected chi connectivity index (χ4v) is 4.25. The van der Waals surface area contributed by atoms with E-state index in [9.17, 15) is 4.79 Å². The summed E-state index contributed by atoms with van der Waals surface area (Å²) in [5.41, 5.74) is 4.97. The molecular weight excluding hydrogens is 362 g/mol. The van der Waals surface area contributed by atoms with Crippen LogP contribution in [0.2, 0.25) is 0 Å². The maximum atomic E-state index is 13.5. The molecule has 0 saturated heterocycles. The van der Waals surface area contributed by atoms with Crippen molar-refractivity contribution in [3.63, 3.8) is 0 Å². The van der Waals surface area contributed by atoms with Gasteiger partial charge in [0.15, 0.2) is 0 Å². The summed E-state index contributed by atoms with van der Waals surface area (Å²) in [5.74, 6) is 0. The Balaban J connectivity index is 1.57. The van der Waals surface area contributed by atoms with E-state index >= 15 is 0 Å². The van der Waals surface area contributed by atoms with Crippen molar-refractivity contribution in [2.24, 2.45) is 7.05 Å². The third kappa shape index (κ3) is 3.36. The van der Waals surface area contributed by atoms with Gasteiger partial charge in [0.05, 0.1) is 12.2 Å². The van der Waals surface area contributed by atoms with Crippen LogP contribution in [0.25, 0.3) is 11.0 Å². The van der Waals surface area contributed by atoms with Crippen molar-refractivity contribution in [3.8, 4) is 0 Å². The Hall–Kier alpha value is -3.25. The van der Waals surface area contributed by atoms with E-state index in [1.54, 1.807) is 15.4 Å². The van der Waals surface area contributed by atoms with Crippen molar-refractivity contribution < 1.29 is 0 Å². The van der Waals surface area contributed by atoms with Crippen molar-refractivity contribution in [1.82, 2.24) is 24.2 Å². The van der Waals surface area contributed by atoms with Crippen LogP contribution in [0, 0.1) is 0 Å². The molecule has 29 heavy (non-hydrogen) atoms. The second-order valence-electron chi connectivity index (χ2n) is 7.65. The lowest BCUT2D eigenvalue weighted by atomic mass is 9.97. The molecule has 0 bridgehead atoms. The van der Waals surface area contributed by atoms with Gasteiger partial charge in [-0.3, -0.25) is 18.9 Å². The van der Waals surface area contributed by atoms with E-state index < -0.39 is 0 Å². The van der Waals surface area contributed by atoms with Crippen LogP contribution in [0.15, 0.2) is 65.7 Å². The van der Waals surface area contributed by atoms with Crippen LogP contribution >= 0.6 is 0 Å². The zero-order valence-corrected chi connectivity index (χ0v) is 16.5. The first-order valence-corrected chi connectivity index (χ1v) is 9.93. The third-order valence-electron chi connectivity index (χ3n) is 5.63. The lowest BCUT2D eigenvalue weighted by molar-refractivity contribution is 0.244. The maximum Gasteiger partial charge on any atom is 0.257 e. The standard InChI is InChI=1S/C23H23N5O/c1-26-12-9-18(25-26)15-28-22-20(8-5-11-24-22)19-10-13-27(16-21(19)23(28)29)14-17-6-3-2-4-7-17/h2-9,11-12H,10,13-16H2,1H3. The minimum Gasteiger partial charge on any atom is -0.294 e. The van der Waals surface area contributed by atoms with Crippen molar-refractivity contribution in [1.29, 1.82) is 0 Å². The first-order chi connectivity index (χ1) is 14.2. The van der Waals surface area contributed by atoms with Gasteiger partial charge in [-0.2, -0.15) is 5.10 Å². The molecular formula is C23H23N5O. The van der Waals surface area contributed by atoms with Crippen LogP contribution < -0.4 is 5.56 Å². The van der Waals surface area contributed by atoms with Gasteiger partial charge in [-0.1, -0.05) is 30.3 Å². The largest absolute Gasteiger partial charge is 0.294 e. The average molecular weight is 385 g/mol. The van der Waals surface area contributed by atoms with Crippen molar-refractivity contribution in [3.05, 3.63) is 93.7 Å². The molecule has 3 aromatic heterocycles. The molecule has 5 rings (SSSR count). The number of nitrogens with zero attached hydrogens (tertiary/aromatic N) is 5. The summed E-state index contributed by atoms with van der Waals surface area (Å²) < 4.78 is 3.54. The van der Waals surface area contributed by atoms with E-state index in [1.807, 2.05) is 31.4 Å². The fourth-order valence-electron chi connectivity index (χ4n) is 4.25. The van der Waals surface area contributed by atoms with Gasteiger partial charge in [0.25, 0.3) is 5.56 Å². The molecule has 0 fully saturated rings. The minimum absolute atomic E-state index is 0.0506. The number of pyridine rings is 2. The SMILES string of the molecule is Cn1ccc(Cn2c(=O)c3c(c4cccnc42)CCN(Cc2ccccc2)C3)n1. The highest BCUT2D eigenvalue weighted by atomic mass is 16.1. The monoisotopic (exact) mass is 385 g/mol. The summed E-state index contributed by atoms with van der Waals surface area (Å²) in [6.07, 6.45) is 4.52. The molecule has 146 valence electrons. The molecule has 6 nitrogen and oxygen atoms in total. The van der Waals surface area contributed by atoms with Crippen molar-refractivity contribution in [2.45, 2.75) is 26.1 Å². The van der Waals surface area contributed by atoms with Crippen LogP contribution in [0.4, 0.5) is 0 Å². The highest BCUT2D eigenvalue weighted by Crippen LogP contribution is 2.25. The molecule has 4 aromatic rings. The Kier molecular flexibility index (Phi) is 4.48. The van der Waals surface area contributed by atoms with Gasteiger partial charge in [0.2, 0.25) is 0 Å². The molecule has 0 atom stereocenters. The number of aryl methyl sites for hydroxylation is 1. The van der Waals surface area contributed by atoms with E-state index in [4.69, 9.17) is 0 Å². The van der Waals surface area contributed by atoms with Gasteiger partial charge in [0.1, 0.15) is 5.65 Å². The zero-order valence-electron chi connectivity index (χ0n) is 16.5. The number of hydrogen-bond donors (Lipinski definition) is 0. The van der Waals surface area contributed by atoms with Crippen LogP contribution in [-0.4, -0.2) is 30.8 Å². The molecule has 4 heterocycles. The smallest absolute Gasteiger partial charge is 0.257 e. The van der Waals surface area contributed by atoms with E-state index in [2.05, 4.69) is 45.3 Å². The molecule has 0 unspecified atom stereocenters. The number of rotatable bonds is 4. The average Bonchev–Trinajstić information content (AvgIpc) is 3.16. The Morgan fingerprint density at radius 1 is 1.00 bits per heavy atom. The Morgan fingerprint density at radius 2 is 1.86 bits per heavy atom. The lowest BCUT2D eigenvalue weighted by Crippen LogP contribution is -2.37. The summed E-state index contributed by atoms with van der Waals surface area (Å²) in [6, 6.07) is 16.4. The highest BCUT2D eigenvalue weighted by molar-refractivity contribution is 5.80. The van der Waals surface area contributed by atoms with E-state index in [0.29, 0.717) is 13.1 Å². The van der Waals surface area contributed by atoms with Crippen LogP contribution in [-0.2, 0) is 33.1 Å². The molecule has 0 radical (unpaired) electrons. The van der Waals surface area contributed by atoms with E-state index in [1.165, 1.54) is 5.56 Å². The molecule has 1 aromatic carbocycles. The number of benzene rings is 1. The number of aromatic nitrogens is 4. The summed E-state index contributed by atoms with van der Waals surface area (Å²) in [7, 11) is 1.89. The molecule has 6 heteroatoms. The first-order valence-electron chi connectivity index (χ1n) is 9.93. The summed E-state index contributed by atoms with van der Waals surface area (Å²) in [4.78, 5) is 20.4. The van der Waals surface area contributed by atoms with Crippen LogP contribution in [0.3, 0.4) is 0 Å². The first kappa shape index (κ1) is 17.8. The minimum atomic E-state index is 0.0506. The second kappa shape index (κ2) is 7.29. The molecule has 1 aliphatic heterocycles. The summed E-state index contributed by atoms with van der Waals surface area (Å²) in [6.45, 7) is 2.88. The number of fused-ring (bicyclic) bond motifs is 3. The number of hydrogen-bond acceptors (Lipinski definition) is 4. The molecule has 0 spiro atoms. The van der Waals surface area contributed by atoms with Gasteiger partial charge in [0, 0.05) is 50.0 Å². The molecule has 0 amide bonds. The van der Waals surface area contributed by atoms with E-state index in [-0.39, 0.29) is 5.56 Å². The molecule has 1 aliphatic rings. The Morgan fingerprint density at radius 3 is 2.66 bits per heavy atom. The van der Waals surface area contributed by atoms with Crippen LogP contribution in [0.5, 0.6) is 0 Å². The highest BCUT2D eigenvalue weighted by Gasteiger charge is 2.24. The van der Waals surface area contributed by atoms with Gasteiger partial charge in [-0.15, -0.1) is 0 Å². The lowest BCUT2D eigenvalue weighted by Gasteiger charge is -2.29. The quantitative estimate of drug-likeness (QED) is 0.542. The Labute approximate surface area is 169 Å². The van der Waals surface area contributed by atoms with Gasteiger partial charge < -0.3 is 0 Å². The molecule has 0 saturated carbocycles. The topological polar surface area (TPSA) is 56.0 Å². The second-order valence-corrected chi connectivity index (χ2v) is 7.65. The van der Waals surface area contributed by atoms with Gasteiger partial charge in [-0.25, -0.2) is 4.98 Å². The molecule has 0 aliphatic carbocycles. The van der Waals surface area contributed by atoms with Gasteiger partial charge >= 0.3 is 0 Å². The maximum absolute atomic E-state index is 13.5. The predicted octanol–water partition coefficient (Wildman–Crippen LogP) is 2.74. The van der Waals surface area contributed by atoms with Gasteiger partial charge in [-0.05, 0) is 35.7 Å². The third-order valence-corrected chi connectivity index (χ3v) is 5.63. The summed E-state index contributed by atoms with van der Waals surface area (Å²) >= 11 is 0. The Bertz CT molecular complexity index is 1230.